The fourth-order valence-corrected chi connectivity index (χ4v) is 3.95. The molecule has 0 saturated carbocycles. The molecule has 1 atom stereocenters. The number of benzene rings is 1. The molecule has 0 bridgehead atoms. The van der Waals surface area contributed by atoms with Gasteiger partial charge in [0, 0.05) is 54.6 Å². The van der Waals surface area contributed by atoms with Crippen LogP contribution in [-0.4, -0.2) is 49.3 Å². The number of nitrogens with zero attached hydrogens (tertiary/aromatic N) is 6. The van der Waals surface area contributed by atoms with Gasteiger partial charge in [0.2, 0.25) is 0 Å². The van der Waals surface area contributed by atoms with Crippen molar-refractivity contribution in [1.82, 2.24) is 35.5 Å². The topological polar surface area (TPSA) is 134 Å². The maximum atomic E-state index is 12.9. The van der Waals surface area contributed by atoms with Gasteiger partial charge in [-0.05, 0) is 37.6 Å². The fourth-order valence-electron chi connectivity index (χ4n) is 3.95. The second kappa shape index (κ2) is 11.4. The van der Waals surface area contributed by atoms with E-state index in [1.165, 1.54) is 0 Å². The lowest BCUT2D eigenvalue weighted by Gasteiger charge is -2.14. The first-order valence-corrected chi connectivity index (χ1v) is 12.4. The number of aromatic nitrogens is 6. The Balaban J connectivity index is 1.25. The number of aliphatic imine (C=N–C) groups is 1. The first kappa shape index (κ1) is 25.4. The summed E-state index contributed by atoms with van der Waals surface area (Å²) in [6.07, 6.45) is 5.04. The van der Waals surface area contributed by atoms with Crippen molar-refractivity contribution >= 4 is 23.8 Å². The number of anilines is 2. The van der Waals surface area contributed by atoms with E-state index in [0.29, 0.717) is 34.4 Å². The lowest BCUT2D eigenvalue weighted by Crippen LogP contribution is -2.27. The molecule has 0 aliphatic carbocycles. The Hall–Kier alpha value is -5.25. The van der Waals surface area contributed by atoms with Gasteiger partial charge in [0.15, 0.2) is 5.82 Å². The van der Waals surface area contributed by atoms with Crippen molar-refractivity contribution in [2.45, 2.75) is 19.9 Å². The normalized spacial score (nSPS) is 11.9. The molecule has 4 heterocycles. The summed E-state index contributed by atoms with van der Waals surface area (Å²) < 4.78 is 0. The molecule has 10 nitrogen and oxygen atoms in total. The highest BCUT2D eigenvalue weighted by Gasteiger charge is 2.14. The Bertz CT molecular complexity index is 1590. The molecule has 0 spiro atoms. The fraction of sp³-hybridized carbons (Fsp3) is 0.138. The Morgan fingerprint density at radius 2 is 1.82 bits per heavy atom. The van der Waals surface area contributed by atoms with Crippen molar-refractivity contribution in [3.05, 3.63) is 102 Å². The average Bonchev–Trinajstić information content (AvgIpc) is 3.40. The number of nitrogens with one attached hydrogen (secondary N) is 3. The van der Waals surface area contributed by atoms with Crippen molar-refractivity contribution in [1.29, 1.82) is 0 Å². The van der Waals surface area contributed by atoms with Gasteiger partial charge in [-0.1, -0.05) is 36.4 Å². The van der Waals surface area contributed by atoms with E-state index < -0.39 is 0 Å². The minimum absolute atomic E-state index is 0.239. The summed E-state index contributed by atoms with van der Waals surface area (Å²) >= 11 is 0. The van der Waals surface area contributed by atoms with Crippen LogP contribution in [0.2, 0.25) is 0 Å². The van der Waals surface area contributed by atoms with Gasteiger partial charge in [0.05, 0.1) is 11.7 Å². The number of aryl methyl sites for hydroxylation is 1. The van der Waals surface area contributed by atoms with Crippen LogP contribution < -0.4 is 10.6 Å². The number of carbonyl (C=O) groups excluding carboxylic acids is 1. The molecule has 0 radical (unpaired) electrons. The number of rotatable bonds is 8. The summed E-state index contributed by atoms with van der Waals surface area (Å²) in [6.45, 7) is 3.80. The Labute approximate surface area is 225 Å². The number of aromatic amines is 1. The van der Waals surface area contributed by atoms with Crippen molar-refractivity contribution < 1.29 is 4.79 Å². The number of hydrogen-bond donors (Lipinski definition) is 3. The lowest BCUT2D eigenvalue weighted by atomic mass is 10.1. The SMILES string of the molecule is C/N=C\c1cc(Nc2cc(C)nc(-c3ccc(C(=O)NC(C)c4ccc(-c5ccccc5)nc4)nc3)n2)[nH]n1. The quantitative estimate of drug-likeness (QED) is 0.249. The molecule has 1 aromatic carbocycles. The van der Waals surface area contributed by atoms with Crippen molar-refractivity contribution in [2.24, 2.45) is 4.99 Å². The zero-order valence-corrected chi connectivity index (χ0v) is 21.8. The van der Waals surface area contributed by atoms with E-state index in [1.54, 1.807) is 37.8 Å². The highest BCUT2D eigenvalue weighted by Crippen LogP contribution is 2.21. The minimum Gasteiger partial charge on any atom is -0.344 e. The van der Waals surface area contributed by atoms with Gasteiger partial charge in [0.25, 0.3) is 5.91 Å². The van der Waals surface area contributed by atoms with Crippen molar-refractivity contribution in [3.8, 4) is 22.6 Å². The van der Waals surface area contributed by atoms with E-state index in [1.807, 2.05) is 68.4 Å². The predicted molar refractivity (Wildman–Crippen MR) is 151 cm³/mol. The number of amides is 1. The molecule has 0 aliphatic rings. The number of carbonyl (C=O) groups is 1. The molecule has 0 aliphatic heterocycles. The molecular formula is C29H27N9O. The highest BCUT2D eigenvalue weighted by molar-refractivity contribution is 5.92. The molecule has 5 rings (SSSR count). The van der Waals surface area contributed by atoms with Crippen LogP contribution in [0, 0.1) is 6.92 Å². The molecule has 1 amide bonds. The maximum Gasteiger partial charge on any atom is 0.270 e. The Morgan fingerprint density at radius 1 is 0.974 bits per heavy atom. The molecule has 0 saturated heterocycles. The van der Waals surface area contributed by atoms with Crippen LogP contribution in [0.4, 0.5) is 11.6 Å². The highest BCUT2D eigenvalue weighted by atomic mass is 16.1. The molecule has 194 valence electrons. The van der Waals surface area contributed by atoms with E-state index >= 15 is 0 Å². The lowest BCUT2D eigenvalue weighted by molar-refractivity contribution is 0.0935. The van der Waals surface area contributed by atoms with E-state index in [0.717, 1.165) is 22.5 Å². The first-order chi connectivity index (χ1) is 19.0. The summed E-state index contributed by atoms with van der Waals surface area (Å²) in [5, 5.41) is 13.2. The second-order valence-corrected chi connectivity index (χ2v) is 8.91. The van der Waals surface area contributed by atoms with Crippen LogP contribution in [0.1, 0.15) is 40.4 Å². The van der Waals surface area contributed by atoms with Gasteiger partial charge >= 0.3 is 0 Å². The smallest absolute Gasteiger partial charge is 0.270 e. The van der Waals surface area contributed by atoms with Crippen LogP contribution >= 0.6 is 0 Å². The summed E-state index contributed by atoms with van der Waals surface area (Å²) in [5.41, 5.74) is 5.30. The third kappa shape index (κ3) is 6.19. The third-order valence-electron chi connectivity index (χ3n) is 5.93. The van der Waals surface area contributed by atoms with Crippen LogP contribution in [0.5, 0.6) is 0 Å². The summed E-state index contributed by atoms with van der Waals surface area (Å²) in [6, 6.07) is 20.8. The molecule has 5 aromatic rings. The van der Waals surface area contributed by atoms with Crippen LogP contribution in [0.15, 0.2) is 84.1 Å². The van der Waals surface area contributed by atoms with Gasteiger partial charge in [-0.2, -0.15) is 5.10 Å². The molecule has 39 heavy (non-hydrogen) atoms. The van der Waals surface area contributed by atoms with Gasteiger partial charge in [-0.25, -0.2) is 9.97 Å². The zero-order chi connectivity index (χ0) is 27.2. The van der Waals surface area contributed by atoms with Crippen LogP contribution in [0.3, 0.4) is 0 Å². The summed E-state index contributed by atoms with van der Waals surface area (Å²) in [7, 11) is 1.69. The number of H-pyrrole nitrogens is 1. The Kier molecular flexibility index (Phi) is 7.44. The van der Waals surface area contributed by atoms with Crippen LogP contribution in [-0.2, 0) is 0 Å². The molecular weight excluding hydrogens is 490 g/mol. The minimum atomic E-state index is -0.278. The maximum absolute atomic E-state index is 12.9. The number of pyridine rings is 2. The Morgan fingerprint density at radius 3 is 2.54 bits per heavy atom. The van der Waals surface area contributed by atoms with Gasteiger partial charge in [0.1, 0.15) is 23.0 Å². The molecule has 0 fully saturated rings. The predicted octanol–water partition coefficient (Wildman–Crippen LogP) is 4.92. The molecule has 1 unspecified atom stereocenters. The monoisotopic (exact) mass is 517 g/mol. The van der Waals surface area contributed by atoms with Gasteiger partial charge in [-0.3, -0.25) is 24.9 Å². The largest absolute Gasteiger partial charge is 0.344 e. The molecule has 3 N–H and O–H groups in total. The molecule has 4 aromatic heterocycles. The van der Waals surface area contributed by atoms with E-state index in [4.69, 9.17) is 0 Å². The summed E-state index contributed by atoms with van der Waals surface area (Å²) in [5.74, 6) is 1.49. The zero-order valence-electron chi connectivity index (χ0n) is 21.8. The number of hydrogen-bond acceptors (Lipinski definition) is 8. The molecule has 10 heteroatoms. The van der Waals surface area contributed by atoms with E-state index in [2.05, 4.69) is 45.8 Å². The van der Waals surface area contributed by atoms with E-state index in [9.17, 15) is 4.79 Å². The van der Waals surface area contributed by atoms with Crippen molar-refractivity contribution in [2.75, 3.05) is 12.4 Å². The third-order valence-corrected chi connectivity index (χ3v) is 5.93. The summed E-state index contributed by atoms with van der Waals surface area (Å²) in [4.78, 5) is 34.9. The van der Waals surface area contributed by atoms with Gasteiger partial charge in [-0.15, -0.1) is 0 Å². The second-order valence-electron chi connectivity index (χ2n) is 8.91. The van der Waals surface area contributed by atoms with Gasteiger partial charge < -0.3 is 10.6 Å². The van der Waals surface area contributed by atoms with Crippen LogP contribution in [0.25, 0.3) is 22.6 Å². The standard InChI is InChI=1S/C29H27N9O/c1-18-13-26(35-27-14-23(17-30-3)37-38-27)36-28(33-18)22-10-12-25(32-16-22)29(39)34-19(2)21-9-11-24(31-15-21)20-7-5-4-6-8-20/h4-17,19H,1-3H3,(H,34,39)(H2,33,35,36,37,38)/b30-17-. The average molecular weight is 518 g/mol. The van der Waals surface area contributed by atoms with Crippen molar-refractivity contribution in [3.63, 3.8) is 0 Å². The van der Waals surface area contributed by atoms with E-state index in [-0.39, 0.29) is 11.9 Å². The first-order valence-electron chi connectivity index (χ1n) is 12.4.